The van der Waals surface area contributed by atoms with Crippen LogP contribution in [-0.4, -0.2) is 44.4 Å². The van der Waals surface area contributed by atoms with Gasteiger partial charge in [0.05, 0.1) is 23.1 Å². The van der Waals surface area contributed by atoms with Gasteiger partial charge < -0.3 is 9.47 Å². The fourth-order valence-corrected chi connectivity index (χ4v) is 4.97. The second kappa shape index (κ2) is 8.75. The molecule has 0 spiro atoms. The molecule has 2 aromatic carbocycles. The molecule has 1 saturated heterocycles. The van der Waals surface area contributed by atoms with E-state index in [1.807, 2.05) is 6.92 Å². The Labute approximate surface area is 170 Å². The Morgan fingerprint density at radius 1 is 0.931 bits per heavy atom. The Morgan fingerprint density at radius 2 is 1.52 bits per heavy atom. The van der Waals surface area contributed by atoms with Gasteiger partial charge in [0.25, 0.3) is 0 Å². The number of rotatable bonds is 5. The molecule has 1 atom stereocenters. The molecule has 1 heterocycles. The van der Waals surface area contributed by atoms with Crippen molar-refractivity contribution < 1.29 is 27.5 Å². The van der Waals surface area contributed by atoms with Gasteiger partial charge in [-0.15, -0.1) is 0 Å². The maximum absolute atomic E-state index is 12.9. The van der Waals surface area contributed by atoms with E-state index in [9.17, 15) is 18.0 Å². The van der Waals surface area contributed by atoms with E-state index in [-0.39, 0.29) is 22.3 Å². The van der Waals surface area contributed by atoms with Gasteiger partial charge in [0.2, 0.25) is 10.0 Å². The zero-order valence-corrected chi connectivity index (χ0v) is 17.1. The lowest BCUT2D eigenvalue weighted by atomic mass is 10.1. The van der Waals surface area contributed by atoms with Crippen molar-refractivity contribution in [1.82, 2.24) is 4.31 Å². The third-order valence-electron chi connectivity index (χ3n) is 4.92. The molecule has 0 aromatic heterocycles. The predicted octanol–water partition coefficient (Wildman–Crippen LogP) is 3.26. The Morgan fingerprint density at radius 3 is 2.10 bits per heavy atom. The molecule has 29 heavy (non-hydrogen) atoms. The number of ether oxygens (including phenoxy) is 2. The van der Waals surface area contributed by atoms with E-state index >= 15 is 0 Å². The van der Waals surface area contributed by atoms with Crippen molar-refractivity contribution in [2.24, 2.45) is 0 Å². The minimum atomic E-state index is -3.59. The van der Waals surface area contributed by atoms with E-state index in [1.165, 1.54) is 59.9 Å². The van der Waals surface area contributed by atoms with Gasteiger partial charge in [-0.3, -0.25) is 0 Å². The van der Waals surface area contributed by atoms with Crippen LogP contribution in [-0.2, 0) is 14.8 Å². The van der Waals surface area contributed by atoms with Crippen molar-refractivity contribution >= 4 is 22.0 Å². The van der Waals surface area contributed by atoms with Crippen LogP contribution in [0.1, 0.15) is 46.9 Å². The number of carbonyl (C=O) groups excluding carboxylic acids is 2. The molecule has 0 saturated carbocycles. The van der Waals surface area contributed by atoms with Gasteiger partial charge in [-0.2, -0.15) is 4.31 Å². The summed E-state index contributed by atoms with van der Waals surface area (Å²) in [7, 11) is -2.31. The minimum absolute atomic E-state index is 0.0358. The lowest BCUT2D eigenvalue weighted by Crippen LogP contribution is -2.41. The molecule has 0 aliphatic carbocycles. The third-order valence-corrected chi connectivity index (χ3v) is 6.95. The summed E-state index contributed by atoms with van der Waals surface area (Å²) in [5, 5.41) is 0. The third kappa shape index (κ3) is 4.65. The van der Waals surface area contributed by atoms with E-state index in [0.717, 1.165) is 19.3 Å². The monoisotopic (exact) mass is 417 g/mol. The fourth-order valence-electron chi connectivity index (χ4n) is 3.27. The van der Waals surface area contributed by atoms with Crippen molar-refractivity contribution in [3.8, 4) is 5.75 Å². The Hall–Kier alpha value is -2.71. The number of benzene rings is 2. The van der Waals surface area contributed by atoms with E-state index < -0.39 is 22.0 Å². The standard InChI is InChI=1S/C21H23NO6S/c1-15-5-3-4-14-22(15)29(25,26)19-12-8-17(9-13-19)21(24)28-18-10-6-16(7-11-18)20(23)27-2/h6-13,15H,3-5,14H2,1-2H3/t15-/m1/s1. The highest BCUT2D eigenvalue weighted by Gasteiger charge is 2.31. The molecule has 7 nitrogen and oxygen atoms in total. The van der Waals surface area contributed by atoms with Crippen LogP contribution in [0.4, 0.5) is 0 Å². The molecule has 3 rings (SSSR count). The van der Waals surface area contributed by atoms with E-state index in [2.05, 4.69) is 4.74 Å². The first-order chi connectivity index (χ1) is 13.8. The molecule has 0 unspecified atom stereocenters. The summed E-state index contributed by atoms with van der Waals surface area (Å²) in [6.07, 6.45) is 2.72. The second-order valence-corrected chi connectivity index (χ2v) is 8.78. The van der Waals surface area contributed by atoms with Crippen molar-refractivity contribution in [3.05, 3.63) is 59.7 Å². The minimum Gasteiger partial charge on any atom is -0.465 e. The molecule has 154 valence electrons. The zero-order chi connectivity index (χ0) is 21.0. The summed E-state index contributed by atoms with van der Waals surface area (Å²) in [4.78, 5) is 23.9. The maximum Gasteiger partial charge on any atom is 0.343 e. The number of methoxy groups -OCH3 is 1. The van der Waals surface area contributed by atoms with Gasteiger partial charge in [0, 0.05) is 12.6 Å². The molecule has 2 aromatic rings. The summed E-state index contributed by atoms with van der Waals surface area (Å²) in [5.41, 5.74) is 0.571. The number of nitrogens with zero attached hydrogens (tertiary/aromatic N) is 1. The molecule has 1 fully saturated rings. The number of carbonyl (C=O) groups is 2. The van der Waals surface area contributed by atoms with Crippen LogP contribution < -0.4 is 4.74 Å². The summed E-state index contributed by atoms with van der Waals surface area (Å²) >= 11 is 0. The molecule has 1 aliphatic heterocycles. The quantitative estimate of drug-likeness (QED) is 0.548. The molecule has 0 amide bonds. The number of piperidine rings is 1. The highest BCUT2D eigenvalue weighted by atomic mass is 32.2. The van der Waals surface area contributed by atoms with Gasteiger partial charge >= 0.3 is 11.9 Å². The first-order valence-electron chi connectivity index (χ1n) is 9.35. The summed E-state index contributed by atoms with van der Waals surface area (Å²) in [6, 6.07) is 11.6. The molecule has 0 N–H and O–H groups in total. The topological polar surface area (TPSA) is 90.0 Å². The van der Waals surface area contributed by atoms with Crippen LogP contribution in [0.25, 0.3) is 0 Å². The Kier molecular flexibility index (Phi) is 6.34. The van der Waals surface area contributed by atoms with E-state index in [4.69, 9.17) is 4.74 Å². The molecule has 0 radical (unpaired) electrons. The zero-order valence-electron chi connectivity index (χ0n) is 16.3. The maximum atomic E-state index is 12.9. The van der Waals surface area contributed by atoms with Crippen LogP contribution in [0.2, 0.25) is 0 Å². The van der Waals surface area contributed by atoms with Crippen molar-refractivity contribution in [2.75, 3.05) is 13.7 Å². The highest BCUT2D eigenvalue weighted by Crippen LogP contribution is 2.25. The number of esters is 2. The number of sulfonamides is 1. The number of hydrogen-bond donors (Lipinski definition) is 0. The molecule has 0 bridgehead atoms. The summed E-state index contributed by atoms with van der Waals surface area (Å²) in [5.74, 6) is -0.838. The molecular weight excluding hydrogens is 394 g/mol. The summed E-state index contributed by atoms with van der Waals surface area (Å²) < 4.78 is 37.1. The smallest absolute Gasteiger partial charge is 0.343 e. The van der Waals surface area contributed by atoms with Crippen molar-refractivity contribution in [2.45, 2.75) is 37.1 Å². The van der Waals surface area contributed by atoms with Crippen LogP contribution in [0.15, 0.2) is 53.4 Å². The van der Waals surface area contributed by atoms with E-state index in [1.54, 1.807) is 0 Å². The normalized spacial score (nSPS) is 17.5. The van der Waals surface area contributed by atoms with Gasteiger partial charge in [-0.25, -0.2) is 18.0 Å². The molecule has 8 heteroatoms. The average molecular weight is 417 g/mol. The fraction of sp³-hybridized carbons (Fsp3) is 0.333. The van der Waals surface area contributed by atoms with Crippen LogP contribution in [0.3, 0.4) is 0 Å². The Balaban J connectivity index is 1.71. The lowest BCUT2D eigenvalue weighted by Gasteiger charge is -2.32. The van der Waals surface area contributed by atoms with Crippen LogP contribution in [0.5, 0.6) is 5.75 Å². The van der Waals surface area contributed by atoms with Gasteiger partial charge in [0.15, 0.2) is 0 Å². The SMILES string of the molecule is COC(=O)c1ccc(OC(=O)c2ccc(S(=O)(=O)N3CCCC[C@H]3C)cc2)cc1. The van der Waals surface area contributed by atoms with Gasteiger partial charge in [-0.1, -0.05) is 6.42 Å². The second-order valence-electron chi connectivity index (χ2n) is 6.89. The van der Waals surface area contributed by atoms with Crippen molar-refractivity contribution in [1.29, 1.82) is 0 Å². The average Bonchev–Trinajstić information content (AvgIpc) is 2.74. The highest BCUT2D eigenvalue weighted by molar-refractivity contribution is 7.89. The van der Waals surface area contributed by atoms with Gasteiger partial charge in [-0.05, 0) is 68.3 Å². The van der Waals surface area contributed by atoms with Crippen molar-refractivity contribution in [3.63, 3.8) is 0 Å². The Bertz CT molecular complexity index is 983. The van der Waals surface area contributed by atoms with Crippen LogP contribution in [0, 0.1) is 0 Å². The number of hydrogen-bond acceptors (Lipinski definition) is 6. The predicted molar refractivity (Wildman–Crippen MR) is 106 cm³/mol. The lowest BCUT2D eigenvalue weighted by molar-refractivity contribution is 0.0600. The summed E-state index contributed by atoms with van der Waals surface area (Å²) in [6.45, 7) is 2.42. The first-order valence-corrected chi connectivity index (χ1v) is 10.8. The largest absolute Gasteiger partial charge is 0.465 e. The van der Waals surface area contributed by atoms with Crippen LogP contribution >= 0.6 is 0 Å². The molecular formula is C21H23NO6S. The molecule has 1 aliphatic rings. The van der Waals surface area contributed by atoms with E-state index in [0.29, 0.717) is 12.1 Å². The van der Waals surface area contributed by atoms with Gasteiger partial charge in [0.1, 0.15) is 5.75 Å². The first kappa shape index (κ1) is 21.0.